The predicted octanol–water partition coefficient (Wildman–Crippen LogP) is 4.09. The molecule has 7 heteroatoms. The molecule has 0 radical (unpaired) electrons. The molecule has 2 aromatic rings. The maximum Gasteiger partial charge on any atom is 0.272 e. The monoisotopic (exact) mass is 397 g/mol. The topological polar surface area (TPSA) is 92.0 Å². The van der Waals surface area contributed by atoms with Crippen molar-refractivity contribution >= 4 is 23.2 Å². The quantitative estimate of drug-likeness (QED) is 0.607. The Labute approximate surface area is 169 Å². The molecule has 1 heterocycles. The van der Waals surface area contributed by atoms with E-state index in [2.05, 4.69) is 5.32 Å². The van der Waals surface area contributed by atoms with Crippen molar-refractivity contribution in [3.05, 3.63) is 52.1 Å². The average molecular weight is 397 g/mol. The molecule has 0 fully saturated rings. The molecule has 1 aromatic carbocycles. The number of nitrogens with zero attached hydrogens (tertiary/aromatic N) is 2. The zero-order chi connectivity index (χ0) is 22.1. The number of ketones is 2. The highest BCUT2D eigenvalue weighted by molar-refractivity contribution is 6.44. The third kappa shape index (κ3) is 4.60. The SMILES string of the molecule is Cc1c(C(=O)C(=O)CC(C)(C)C)c(C)n(C)c1C(=O)Nc1ccc(F)c(C#N)c1. The number of carbonyl (C=O) groups is 3. The van der Waals surface area contributed by atoms with Crippen molar-refractivity contribution in [1.82, 2.24) is 4.57 Å². The van der Waals surface area contributed by atoms with Gasteiger partial charge < -0.3 is 9.88 Å². The summed E-state index contributed by atoms with van der Waals surface area (Å²) >= 11 is 0. The van der Waals surface area contributed by atoms with Crippen molar-refractivity contribution in [2.24, 2.45) is 12.5 Å². The Morgan fingerprint density at radius 1 is 1.21 bits per heavy atom. The summed E-state index contributed by atoms with van der Waals surface area (Å²) in [6.45, 7) is 8.91. The molecule has 1 amide bonds. The molecule has 0 aliphatic rings. The molecule has 152 valence electrons. The smallest absolute Gasteiger partial charge is 0.272 e. The van der Waals surface area contributed by atoms with Gasteiger partial charge in [0, 0.05) is 24.8 Å². The highest BCUT2D eigenvalue weighted by atomic mass is 19.1. The van der Waals surface area contributed by atoms with Crippen LogP contribution in [0.15, 0.2) is 18.2 Å². The number of aromatic nitrogens is 1. The second-order valence-corrected chi connectivity index (χ2v) is 8.24. The lowest BCUT2D eigenvalue weighted by atomic mass is 9.87. The molecule has 0 aliphatic heterocycles. The second kappa shape index (κ2) is 8.00. The Kier molecular flexibility index (Phi) is 6.07. The lowest BCUT2D eigenvalue weighted by Gasteiger charge is -2.16. The lowest BCUT2D eigenvalue weighted by molar-refractivity contribution is -0.116. The standard InChI is InChI=1S/C22H24FN3O3/c1-12-18(20(28)17(27)10-22(3,4)5)13(2)26(6)19(12)21(29)25-15-7-8-16(23)14(9-15)11-24/h7-9H,10H2,1-6H3,(H,25,29). The van der Waals surface area contributed by atoms with Gasteiger partial charge in [0.15, 0.2) is 0 Å². The molecule has 0 unspecified atom stereocenters. The van der Waals surface area contributed by atoms with Crippen LogP contribution in [0.25, 0.3) is 0 Å². The van der Waals surface area contributed by atoms with E-state index in [1.807, 2.05) is 20.8 Å². The van der Waals surface area contributed by atoms with Crippen molar-refractivity contribution < 1.29 is 18.8 Å². The molecule has 0 bridgehead atoms. The van der Waals surface area contributed by atoms with Crippen molar-refractivity contribution in [1.29, 1.82) is 5.26 Å². The van der Waals surface area contributed by atoms with E-state index in [0.29, 0.717) is 11.3 Å². The van der Waals surface area contributed by atoms with E-state index >= 15 is 0 Å². The van der Waals surface area contributed by atoms with E-state index < -0.39 is 23.3 Å². The lowest BCUT2D eigenvalue weighted by Crippen LogP contribution is -2.22. The minimum Gasteiger partial charge on any atom is -0.343 e. The van der Waals surface area contributed by atoms with Gasteiger partial charge in [-0.15, -0.1) is 0 Å². The molecular weight excluding hydrogens is 373 g/mol. The zero-order valence-corrected chi connectivity index (χ0v) is 17.4. The highest BCUT2D eigenvalue weighted by Gasteiger charge is 2.30. The van der Waals surface area contributed by atoms with Crippen LogP contribution in [0.5, 0.6) is 0 Å². The number of amides is 1. The fraction of sp³-hybridized carbons (Fsp3) is 0.364. The molecule has 1 N–H and O–H groups in total. The van der Waals surface area contributed by atoms with Crippen molar-refractivity contribution in [2.45, 2.75) is 41.0 Å². The van der Waals surface area contributed by atoms with Crippen LogP contribution >= 0.6 is 0 Å². The summed E-state index contributed by atoms with van der Waals surface area (Å²) in [6, 6.07) is 5.39. The van der Waals surface area contributed by atoms with Crippen LogP contribution in [-0.4, -0.2) is 22.0 Å². The third-order valence-electron chi connectivity index (χ3n) is 4.66. The molecular formula is C22H24FN3O3. The minimum absolute atomic E-state index is 0.105. The summed E-state index contributed by atoms with van der Waals surface area (Å²) < 4.78 is 15.0. The first-order valence-corrected chi connectivity index (χ1v) is 9.11. The molecule has 29 heavy (non-hydrogen) atoms. The van der Waals surface area contributed by atoms with E-state index in [0.717, 1.165) is 6.07 Å². The minimum atomic E-state index is -0.679. The molecule has 1 aromatic heterocycles. The summed E-state index contributed by atoms with van der Waals surface area (Å²) in [5, 5.41) is 11.6. The van der Waals surface area contributed by atoms with Crippen molar-refractivity contribution in [3.63, 3.8) is 0 Å². The Morgan fingerprint density at radius 3 is 2.38 bits per heavy atom. The van der Waals surface area contributed by atoms with Gasteiger partial charge in [-0.1, -0.05) is 20.8 Å². The number of nitrogens with one attached hydrogen (secondary N) is 1. The maximum absolute atomic E-state index is 13.5. The van der Waals surface area contributed by atoms with Crippen LogP contribution in [0.1, 0.15) is 64.9 Å². The first kappa shape index (κ1) is 22.0. The van der Waals surface area contributed by atoms with Crippen LogP contribution in [0.3, 0.4) is 0 Å². The van der Waals surface area contributed by atoms with Gasteiger partial charge in [0.1, 0.15) is 17.6 Å². The van der Waals surface area contributed by atoms with E-state index in [4.69, 9.17) is 5.26 Å². The number of nitriles is 1. The zero-order valence-electron chi connectivity index (χ0n) is 17.4. The van der Waals surface area contributed by atoms with Gasteiger partial charge >= 0.3 is 0 Å². The average Bonchev–Trinajstić information content (AvgIpc) is 2.83. The fourth-order valence-corrected chi connectivity index (χ4v) is 3.21. The van der Waals surface area contributed by atoms with E-state index in [1.54, 1.807) is 31.5 Å². The van der Waals surface area contributed by atoms with E-state index in [9.17, 15) is 18.8 Å². The molecule has 0 atom stereocenters. The van der Waals surface area contributed by atoms with Gasteiger partial charge in [0.05, 0.1) is 11.1 Å². The maximum atomic E-state index is 13.5. The first-order chi connectivity index (χ1) is 13.4. The summed E-state index contributed by atoms with van der Waals surface area (Å²) in [5.41, 5.74) is 1.09. The summed E-state index contributed by atoms with van der Waals surface area (Å²) in [4.78, 5) is 38.0. The molecule has 0 saturated heterocycles. The fourth-order valence-electron chi connectivity index (χ4n) is 3.21. The van der Waals surface area contributed by atoms with Crippen LogP contribution < -0.4 is 5.32 Å². The second-order valence-electron chi connectivity index (χ2n) is 8.24. The highest BCUT2D eigenvalue weighted by Crippen LogP contribution is 2.26. The normalized spacial score (nSPS) is 11.1. The van der Waals surface area contributed by atoms with Gasteiger partial charge in [-0.05, 0) is 43.0 Å². The number of benzene rings is 1. The summed E-state index contributed by atoms with van der Waals surface area (Å²) in [5.74, 6) is -2.32. The largest absolute Gasteiger partial charge is 0.343 e. The van der Waals surface area contributed by atoms with Crippen LogP contribution in [0.2, 0.25) is 0 Å². The van der Waals surface area contributed by atoms with Gasteiger partial charge in [-0.3, -0.25) is 14.4 Å². The predicted molar refractivity (Wildman–Crippen MR) is 107 cm³/mol. The van der Waals surface area contributed by atoms with Crippen LogP contribution in [0, 0.1) is 36.4 Å². The Bertz CT molecular complexity index is 1050. The summed E-state index contributed by atoms with van der Waals surface area (Å²) in [6.07, 6.45) is 0.105. The number of hydrogen-bond acceptors (Lipinski definition) is 4. The van der Waals surface area contributed by atoms with Gasteiger partial charge in [0.2, 0.25) is 11.6 Å². The van der Waals surface area contributed by atoms with E-state index in [1.165, 1.54) is 12.1 Å². The Hall–Kier alpha value is -3.27. The molecule has 0 aliphatic carbocycles. The Balaban J connectivity index is 2.39. The molecule has 2 rings (SSSR count). The summed E-state index contributed by atoms with van der Waals surface area (Å²) in [7, 11) is 1.63. The number of rotatable bonds is 5. The van der Waals surface area contributed by atoms with Gasteiger partial charge in [0.25, 0.3) is 5.91 Å². The van der Waals surface area contributed by atoms with Crippen molar-refractivity contribution in [2.75, 3.05) is 5.32 Å². The molecule has 6 nitrogen and oxygen atoms in total. The molecule has 0 spiro atoms. The number of anilines is 1. The van der Waals surface area contributed by atoms with Gasteiger partial charge in [-0.2, -0.15) is 5.26 Å². The third-order valence-corrected chi connectivity index (χ3v) is 4.66. The number of Topliss-reactive ketones (excluding diaryl/α,β-unsaturated/α-hetero) is 2. The number of hydrogen-bond donors (Lipinski definition) is 1. The van der Waals surface area contributed by atoms with E-state index in [-0.39, 0.29) is 34.3 Å². The van der Waals surface area contributed by atoms with Crippen LogP contribution in [-0.2, 0) is 11.8 Å². The molecule has 0 saturated carbocycles. The van der Waals surface area contributed by atoms with Gasteiger partial charge in [-0.25, -0.2) is 4.39 Å². The first-order valence-electron chi connectivity index (χ1n) is 9.11. The van der Waals surface area contributed by atoms with Crippen molar-refractivity contribution in [3.8, 4) is 6.07 Å². The number of carbonyl (C=O) groups excluding carboxylic acids is 3. The Morgan fingerprint density at radius 2 is 1.83 bits per heavy atom. The van der Waals surface area contributed by atoms with Crippen LogP contribution in [0.4, 0.5) is 10.1 Å². The number of halogens is 1.